The zero-order chi connectivity index (χ0) is 12.8. The van der Waals surface area contributed by atoms with Gasteiger partial charge in [-0.05, 0) is 63.0 Å². The second-order valence-corrected chi connectivity index (χ2v) is 5.27. The molecule has 0 radical (unpaired) electrons. The summed E-state index contributed by atoms with van der Waals surface area (Å²) < 4.78 is 7.21. The summed E-state index contributed by atoms with van der Waals surface area (Å²) in [5.74, 6) is 0.666. The predicted molar refractivity (Wildman–Crippen MR) is 74.9 cm³/mol. The van der Waals surface area contributed by atoms with Gasteiger partial charge in [-0.3, -0.25) is 0 Å². The van der Waals surface area contributed by atoms with Gasteiger partial charge in [0.2, 0.25) is 0 Å². The lowest BCUT2D eigenvalue weighted by atomic mass is 10.2. The maximum absolute atomic E-state index is 8.73. The highest BCUT2D eigenvalue weighted by Crippen LogP contribution is 2.35. The van der Waals surface area contributed by atoms with Crippen LogP contribution in [-0.4, -0.2) is 12.6 Å². The summed E-state index contributed by atoms with van der Waals surface area (Å²) >= 11 is 6.91. The van der Waals surface area contributed by atoms with Crippen LogP contribution in [0.4, 0.5) is 0 Å². The van der Waals surface area contributed by atoms with Crippen molar-refractivity contribution in [1.29, 1.82) is 5.26 Å². The highest BCUT2D eigenvalue weighted by Gasteiger charge is 2.11. The van der Waals surface area contributed by atoms with Gasteiger partial charge >= 0.3 is 0 Å². The lowest BCUT2D eigenvalue weighted by Gasteiger charge is -2.13. The summed E-state index contributed by atoms with van der Waals surface area (Å²) in [7, 11) is 0. The molecule has 0 bridgehead atoms. The van der Waals surface area contributed by atoms with Crippen LogP contribution in [0.2, 0.25) is 0 Å². The van der Waals surface area contributed by atoms with Gasteiger partial charge in [-0.2, -0.15) is 5.26 Å². The number of nitrogens with zero attached hydrogens (tertiary/aromatic N) is 1. The highest BCUT2D eigenvalue weighted by atomic mass is 79.9. The van der Waals surface area contributed by atoms with Gasteiger partial charge in [-0.15, -0.1) is 0 Å². The van der Waals surface area contributed by atoms with Crippen LogP contribution in [-0.2, 0) is 6.54 Å². The monoisotopic (exact) mass is 360 g/mol. The smallest absolute Gasteiger partial charge is 0.181 e. The van der Waals surface area contributed by atoms with Crippen LogP contribution >= 0.6 is 31.9 Å². The fourth-order valence-corrected chi connectivity index (χ4v) is 2.77. The van der Waals surface area contributed by atoms with E-state index in [1.54, 1.807) is 6.92 Å². The summed E-state index contributed by atoms with van der Waals surface area (Å²) in [6.45, 7) is 5.52. The van der Waals surface area contributed by atoms with E-state index in [0.29, 0.717) is 5.75 Å². The molecule has 0 amide bonds. The van der Waals surface area contributed by atoms with Crippen LogP contribution in [0, 0.1) is 11.3 Å². The number of ether oxygens (including phenoxy) is 1. The van der Waals surface area contributed by atoms with Crippen LogP contribution in [0.3, 0.4) is 0 Å². The molecule has 92 valence electrons. The largest absolute Gasteiger partial charge is 0.474 e. The summed E-state index contributed by atoms with van der Waals surface area (Å²) in [6.07, 6.45) is -0.470. The molecule has 0 saturated heterocycles. The van der Waals surface area contributed by atoms with E-state index in [-0.39, 0.29) is 0 Å². The summed E-state index contributed by atoms with van der Waals surface area (Å²) in [5, 5.41) is 12.0. The SMILES string of the molecule is CCNCc1cc(Br)c(OC(C)C#N)c(Br)c1. The highest BCUT2D eigenvalue weighted by molar-refractivity contribution is 9.11. The second kappa shape index (κ2) is 7.00. The Kier molecular flexibility index (Phi) is 5.96. The van der Waals surface area contributed by atoms with Crippen molar-refractivity contribution in [1.82, 2.24) is 5.32 Å². The summed E-state index contributed by atoms with van der Waals surface area (Å²) in [4.78, 5) is 0. The second-order valence-electron chi connectivity index (χ2n) is 3.56. The van der Waals surface area contributed by atoms with Gasteiger partial charge in [0.1, 0.15) is 11.8 Å². The molecule has 0 aliphatic rings. The molecule has 1 rings (SSSR count). The number of rotatable bonds is 5. The molecule has 1 unspecified atom stereocenters. The van der Waals surface area contributed by atoms with Crippen LogP contribution < -0.4 is 10.1 Å². The molecule has 1 atom stereocenters. The molecule has 0 aliphatic carbocycles. The number of nitriles is 1. The fourth-order valence-electron chi connectivity index (χ4n) is 1.30. The molecular formula is C12H14Br2N2O. The van der Waals surface area contributed by atoms with E-state index in [0.717, 1.165) is 27.6 Å². The molecule has 1 aromatic carbocycles. The lowest BCUT2D eigenvalue weighted by Crippen LogP contribution is -2.12. The normalized spacial score (nSPS) is 11.9. The van der Waals surface area contributed by atoms with Gasteiger partial charge in [0.05, 0.1) is 8.95 Å². The van der Waals surface area contributed by atoms with Gasteiger partial charge < -0.3 is 10.1 Å². The van der Waals surface area contributed by atoms with E-state index in [1.165, 1.54) is 0 Å². The summed E-state index contributed by atoms with van der Waals surface area (Å²) in [5.41, 5.74) is 1.16. The zero-order valence-electron chi connectivity index (χ0n) is 9.76. The van der Waals surface area contributed by atoms with Crippen LogP contribution in [0.5, 0.6) is 5.75 Å². The minimum atomic E-state index is -0.470. The Bertz CT molecular complexity index is 406. The number of nitrogens with one attached hydrogen (secondary N) is 1. The van der Waals surface area contributed by atoms with Gasteiger partial charge in [-0.25, -0.2) is 0 Å². The minimum Gasteiger partial charge on any atom is -0.474 e. The zero-order valence-corrected chi connectivity index (χ0v) is 12.9. The molecule has 0 aromatic heterocycles. The van der Waals surface area contributed by atoms with Crippen LogP contribution in [0.25, 0.3) is 0 Å². The maximum atomic E-state index is 8.73. The fraction of sp³-hybridized carbons (Fsp3) is 0.417. The number of benzene rings is 1. The van der Waals surface area contributed by atoms with Crippen molar-refractivity contribution in [2.75, 3.05) is 6.54 Å². The first kappa shape index (κ1) is 14.5. The molecule has 0 fully saturated rings. The quantitative estimate of drug-likeness (QED) is 0.871. The Morgan fingerprint density at radius 2 is 2.00 bits per heavy atom. The number of hydrogen-bond donors (Lipinski definition) is 1. The molecule has 1 N–H and O–H groups in total. The van der Waals surface area contributed by atoms with Gasteiger partial charge in [-0.1, -0.05) is 6.92 Å². The minimum absolute atomic E-state index is 0.470. The van der Waals surface area contributed by atoms with Crippen LogP contribution in [0.1, 0.15) is 19.4 Å². The van der Waals surface area contributed by atoms with E-state index in [2.05, 4.69) is 44.1 Å². The predicted octanol–water partition coefficient (Wildman–Crippen LogP) is 3.61. The van der Waals surface area contributed by atoms with Gasteiger partial charge in [0, 0.05) is 6.54 Å². The first-order chi connectivity index (χ1) is 8.08. The first-order valence-electron chi connectivity index (χ1n) is 5.33. The van der Waals surface area contributed by atoms with Crippen molar-refractivity contribution in [3.8, 4) is 11.8 Å². The van der Waals surface area contributed by atoms with Crippen molar-refractivity contribution >= 4 is 31.9 Å². The maximum Gasteiger partial charge on any atom is 0.181 e. The van der Waals surface area contributed by atoms with E-state index in [9.17, 15) is 0 Å². The van der Waals surface area contributed by atoms with E-state index < -0.39 is 6.10 Å². The Morgan fingerprint density at radius 1 is 1.41 bits per heavy atom. The van der Waals surface area contributed by atoms with Crippen molar-refractivity contribution in [2.45, 2.75) is 26.5 Å². The van der Waals surface area contributed by atoms with Crippen LogP contribution in [0.15, 0.2) is 21.1 Å². The molecule has 0 saturated carbocycles. The average molecular weight is 362 g/mol. The average Bonchev–Trinajstić information content (AvgIpc) is 2.30. The molecule has 0 spiro atoms. The third kappa shape index (κ3) is 4.30. The van der Waals surface area contributed by atoms with E-state index >= 15 is 0 Å². The first-order valence-corrected chi connectivity index (χ1v) is 6.92. The Morgan fingerprint density at radius 3 is 2.47 bits per heavy atom. The Labute approximate surface area is 118 Å². The molecular weight excluding hydrogens is 348 g/mol. The molecule has 0 heterocycles. The molecule has 5 heteroatoms. The van der Waals surface area contributed by atoms with Crippen molar-refractivity contribution in [3.05, 3.63) is 26.6 Å². The topological polar surface area (TPSA) is 45.0 Å². The third-order valence-electron chi connectivity index (χ3n) is 2.11. The molecule has 0 aliphatic heterocycles. The number of halogens is 2. The van der Waals surface area contributed by atoms with Crippen molar-refractivity contribution in [3.63, 3.8) is 0 Å². The Balaban J connectivity index is 2.90. The van der Waals surface area contributed by atoms with Crippen molar-refractivity contribution < 1.29 is 4.74 Å². The number of hydrogen-bond acceptors (Lipinski definition) is 3. The third-order valence-corrected chi connectivity index (χ3v) is 3.29. The van der Waals surface area contributed by atoms with E-state index in [1.807, 2.05) is 18.2 Å². The lowest BCUT2D eigenvalue weighted by molar-refractivity contribution is 0.273. The standard InChI is InChI=1S/C12H14Br2N2O/c1-3-16-7-9-4-10(13)12(11(14)5-9)17-8(2)6-15/h4-5,8,16H,3,7H2,1-2H3. The molecule has 1 aromatic rings. The van der Waals surface area contributed by atoms with E-state index in [4.69, 9.17) is 10.00 Å². The molecule has 3 nitrogen and oxygen atoms in total. The van der Waals surface area contributed by atoms with Crippen molar-refractivity contribution in [2.24, 2.45) is 0 Å². The Hall–Kier alpha value is -0.570. The van der Waals surface area contributed by atoms with Gasteiger partial charge in [0.25, 0.3) is 0 Å². The summed E-state index contributed by atoms with van der Waals surface area (Å²) in [6, 6.07) is 6.03. The molecule has 17 heavy (non-hydrogen) atoms. The van der Waals surface area contributed by atoms with Gasteiger partial charge in [0.15, 0.2) is 6.10 Å².